The first kappa shape index (κ1) is 18.3. The highest BCUT2D eigenvalue weighted by Gasteiger charge is 2.64. The number of fused-ring (bicyclic) bond motifs is 5. The van der Waals surface area contributed by atoms with Gasteiger partial charge in [0.25, 0.3) is 0 Å². The Balaban J connectivity index is 1.74. The molecule has 0 aliphatic heterocycles. The molecule has 0 unspecified atom stereocenters. The van der Waals surface area contributed by atoms with E-state index in [2.05, 4.69) is 13.8 Å². The van der Waals surface area contributed by atoms with Crippen molar-refractivity contribution in [1.29, 1.82) is 0 Å². The fourth-order valence-electron chi connectivity index (χ4n) is 7.38. The Kier molecular flexibility index (Phi) is 4.22. The maximum absolute atomic E-state index is 12.3. The Bertz CT molecular complexity index is 669. The molecule has 8 atom stereocenters. The molecule has 4 aliphatic carbocycles. The monoisotopic (exact) mass is 362 g/mol. The molecule has 4 aliphatic rings. The Morgan fingerprint density at radius 3 is 2.69 bits per heavy atom. The highest BCUT2D eigenvalue weighted by molar-refractivity contribution is 5.92. The van der Waals surface area contributed by atoms with Gasteiger partial charge in [0.05, 0.1) is 12.2 Å². The summed E-state index contributed by atoms with van der Waals surface area (Å²) in [6.07, 6.45) is 4.34. The molecule has 4 rings (SSSR count). The second-order valence-corrected chi connectivity index (χ2v) is 9.56. The molecule has 0 amide bonds. The molecule has 144 valence electrons. The predicted molar refractivity (Wildman–Crippen MR) is 95.1 cm³/mol. The number of carbonyl (C=O) groups is 2. The third-order valence-electron chi connectivity index (χ3n) is 8.45. The minimum atomic E-state index is -0.646. The van der Waals surface area contributed by atoms with Crippen LogP contribution in [0.4, 0.5) is 0 Å². The lowest BCUT2D eigenvalue weighted by molar-refractivity contribution is -0.154. The van der Waals surface area contributed by atoms with Gasteiger partial charge in [-0.1, -0.05) is 13.8 Å². The van der Waals surface area contributed by atoms with Gasteiger partial charge in [0.1, 0.15) is 6.61 Å². The van der Waals surface area contributed by atoms with Crippen LogP contribution in [0.15, 0.2) is 11.6 Å². The van der Waals surface area contributed by atoms with Crippen molar-refractivity contribution in [2.75, 3.05) is 6.61 Å². The zero-order chi connectivity index (χ0) is 18.9. The summed E-state index contributed by atoms with van der Waals surface area (Å²) in [6, 6.07) is 0. The average molecular weight is 362 g/mol. The van der Waals surface area contributed by atoms with E-state index >= 15 is 0 Å². The van der Waals surface area contributed by atoms with Crippen LogP contribution in [0.25, 0.3) is 0 Å². The molecule has 0 radical (unpaired) electrons. The van der Waals surface area contributed by atoms with Gasteiger partial charge in [-0.15, -0.1) is 0 Å². The third-order valence-corrected chi connectivity index (χ3v) is 8.45. The summed E-state index contributed by atoms with van der Waals surface area (Å²) in [4.78, 5) is 24.2. The van der Waals surface area contributed by atoms with Gasteiger partial charge in [0.2, 0.25) is 0 Å². The summed E-state index contributed by atoms with van der Waals surface area (Å²) in [6.45, 7) is 3.75. The van der Waals surface area contributed by atoms with Gasteiger partial charge in [-0.3, -0.25) is 9.59 Å². The van der Waals surface area contributed by atoms with E-state index in [-0.39, 0.29) is 46.1 Å². The Labute approximate surface area is 154 Å². The minimum Gasteiger partial charge on any atom is -0.393 e. The summed E-state index contributed by atoms with van der Waals surface area (Å²) in [5.74, 6) is 0.175. The van der Waals surface area contributed by atoms with Crippen LogP contribution >= 0.6 is 0 Å². The molecule has 3 N–H and O–H groups in total. The van der Waals surface area contributed by atoms with Crippen LogP contribution in [0.5, 0.6) is 0 Å². The number of carbonyl (C=O) groups excluding carboxylic acids is 2. The van der Waals surface area contributed by atoms with Crippen LogP contribution < -0.4 is 0 Å². The predicted octanol–water partition coefficient (Wildman–Crippen LogP) is 1.64. The molecule has 0 bridgehead atoms. The number of aliphatic hydroxyl groups is 3. The molecule has 0 aromatic rings. The number of Topliss-reactive ketones (excluding diaryl/α,β-unsaturated/α-hetero) is 1. The molecule has 3 saturated carbocycles. The van der Waals surface area contributed by atoms with E-state index in [9.17, 15) is 24.9 Å². The van der Waals surface area contributed by atoms with Crippen LogP contribution in [0.1, 0.15) is 52.4 Å². The van der Waals surface area contributed by atoms with Gasteiger partial charge in [0.15, 0.2) is 11.6 Å². The average Bonchev–Trinajstić information content (AvgIpc) is 2.92. The molecular formula is C21H30O5. The van der Waals surface area contributed by atoms with E-state index in [0.717, 1.165) is 18.4 Å². The molecule has 0 spiro atoms. The fraction of sp³-hybridized carbons (Fsp3) is 0.810. The maximum atomic E-state index is 12.3. The highest BCUT2D eigenvalue weighted by Crippen LogP contribution is 2.66. The van der Waals surface area contributed by atoms with Gasteiger partial charge in [-0.25, -0.2) is 0 Å². The highest BCUT2D eigenvalue weighted by atomic mass is 16.3. The van der Waals surface area contributed by atoms with Crippen molar-refractivity contribution in [3.8, 4) is 0 Å². The van der Waals surface area contributed by atoms with Crippen LogP contribution in [0, 0.1) is 34.5 Å². The van der Waals surface area contributed by atoms with Gasteiger partial charge >= 0.3 is 0 Å². The smallest absolute Gasteiger partial charge is 0.161 e. The maximum Gasteiger partial charge on any atom is 0.161 e. The Hall–Kier alpha value is -1.04. The first-order valence-corrected chi connectivity index (χ1v) is 9.97. The van der Waals surface area contributed by atoms with E-state index < -0.39 is 18.8 Å². The zero-order valence-electron chi connectivity index (χ0n) is 15.6. The lowest BCUT2D eigenvalue weighted by Gasteiger charge is -2.60. The first-order valence-electron chi connectivity index (χ1n) is 9.97. The lowest BCUT2D eigenvalue weighted by Crippen LogP contribution is -2.59. The molecule has 0 aromatic heterocycles. The second-order valence-electron chi connectivity index (χ2n) is 9.56. The Morgan fingerprint density at radius 1 is 1.27 bits per heavy atom. The normalized spacial score (nSPS) is 50.5. The lowest BCUT2D eigenvalue weighted by atomic mass is 9.45. The second kappa shape index (κ2) is 5.98. The van der Waals surface area contributed by atoms with E-state index in [0.29, 0.717) is 25.7 Å². The van der Waals surface area contributed by atoms with Crippen molar-refractivity contribution < 1.29 is 24.9 Å². The van der Waals surface area contributed by atoms with Crippen molar-refractivity contribution in [3.63, 3.8) is 0 Å². The van der Waals surface area contributed by atoms with Crippen molar-refractivity contribution in [1.82, 2.24) is 0 Å². The molecular weight excluding hydrogens is 332 g/mol. The molecule has 0 saturated heterocycles. The van der Waals surface area contributed by atoms with E-state index in [1.165, 1.54) is 0 Å². The van der Waals surface area contributed by atoms with Crippen LogP contribution in [-0.2, 0) is 9.59 Å². The Morgan fingerprint density at radius 2 is 2.00 bits per heavy atom. The summed E-state index contributed by atoms with van der Waals surface area (Å²) in [7, 11) is 0. The van der Waals surface area contributed by atoms with Gasteiger partial charge in [0, 0.05) is 12.3 Å². The summed E-state index contributed by atoms with van der Waals surface area (Å²) in [5, 5.41) is 31.4. The van der Waals surface area contributed by atoms with Crippen LogP contribution in [-0.4, -0.2) is 45.7 Å². The van der Waals surface area contributed by atoms with E-state index in [1.54, 1.807) is 6.08 Å². The molecule has 5 heteroatoms. The standard InChI is InChI=1S/C21H30O5/c1-20-6-5-11(23)7-15(20)16(24)8-12-13-3-4-14(18(26)10-22)21(13,2)9-17(25)19(12)20/h7,12-14,16-17,19,22,24-25H,3-6,8-10H2,1-2H3/t12-,13-,14+,16+,17-,19-,20-,21-/m0/s1. The van der Waals surface area contributed by atoms with Crippen molar-refractivity contribution in [3.05, 3.63) is 11.6 Å². The topological polar surface area (TPSA) is 94.8 Å². The van der Waals surface area contributed by atoms with Crippen molar-refractivity contribution in [2.45, 2.75) is 64.6 Å². The largest absolute Gasteiger partial charge is 0.393 e. The summed E-state index contributed by atoms with van der Waals surface area (Å²) in [5.41, 5.74) is 0.136. The molecule has 0 aromatic carbocycles. The van der Waals surface area contributed by atoms with Gasteiger partial charge < -0.3 is 15.3 Å². The van der Waals surface area contributed by atoms with E-state index in [1.807, 2.05) is 0 Å². The molecule has 0 heterocycles. The number of rotatable bonds is 2. The SMILES string of the molecule is C[C@]12C[C@H](O)[C@@H]3[C@@H](C[C@@H](O)C4=CC(=O)CC[C@@]43C)[C@@H]1CC[C@@H]2C(=O)CO. The molecule has 3 fully saturated rings. The van der Waals surface area contributed by atoms with E-state index in [4.69, 9.17) is 0 Å². The van der Waals surface area contributed by atoms with Crippen molar-refractivity contribution in [2.24, 2.45) is 34.5 Å². The third kappa shape index (κ3) is 2.33. The fourth-order valence-corrected chi connectivity index (χ4v) is 7.38. The zero-order valence-corrected chi connectivity index (χ0v) is 15.6. The number of ketones is 2. The summed E-state index contributed by atoms with van der Waals surface area (Å²) >= 11 is 0. The summed E-state index contributed by atoms with van der Waals surface area (Å²) < 4.78 is 0. The first-order chi connectivity index (χ1) is 12.2. The van der Waals surface area contributed by atoms with Gasteiger partial charge in [-0.2, -0.15) is 0 Å². The van der Waals surface area contributed by atoms with Crippen molar-refractivity contribution >= 4 is 11.6 Å². The van der Waals surface area contributed by atoms with Gasteiger partial charge in [-0.05, 0) is 72.3 Å². The number of aliphatic hydroxyl groups excluding tert-OH is 3. The quantitative estimate of drug-likeness (QED) is 0.694. The van der Waals surface area contributed by atoms with Crippen LogP contribution in [0.2, 0.25) is 0 Å². The molecule has 5 nitrogen and oxygen atoms in total. The molecule has 26 heavy (non-hydrogen) atoms. The number of hydrogen-bond donors (Lipinski definition) is 3. The number of hydrogen-bond acceptors (Lipinski definition) is 5. The minimum absolute atomic E-state index is 0.0197. The van der Waals surface area contributed by atoms with Crippen LogP contribution in [0.3, 0.4) is 0 Å².